The number of hydrogen-bond acceptors (Lipinski definition) is 3. The van der Waals surface area contributed by atoms with Crippen LogP contribution in [0.3, 0.4) is 0 Å². The van der Waals surface area contributed by atoms with Crippen molar-refractivity contribution in [3.05, 3.63) is 65.2 Å². The Morgan fingerprint density at radius 1 is 1.35 bits per heavy atom. The number of benzene rings is 1. The number of halogens is 1. The first kappa shape index (κ1) is 14.9. The van der Waals surface area contributed by atoms with Crippen LogP contribution < -0.4 is 0 Å². The predicted molar refractivity (Wildman–Crippen MR) is 83.6 cm³/mol. The Morgan fingerprint density at radius 2 is 2.09 bits per heavy atom. The van der Waals surface area contributed by atoms with Crippen LogP contribution in [0.15, 0.2) is 42.6 Å². The van der Waals surface area contributed by atoms with Crippen molar-refractivity contribution < 1.29 is 9.18 Å². The van der Waals surface area contributed by atoms with Crippen molar-refractivity contribution in [1.29, 1.82) is 5.26 Å². The fourth-order valence-corrected chi connectivity index (χ4v) is 2.66. The lowest BCUT2D eigenvalue weighted by Crippen LogP contribution is -2.13. The third kappa shape index (κ3) is 2.84. The number of Topliss-reactive ketones (excluding diaryl/α,β-unsaturated/α-hetero) is 1. The highest BCUT2D eigenvalue weighted by Gasteiger charge is 2.20. The summed E-state index contributed by atoms with van der Waals surface area (Å²) in [6.45, 7) is 1.79. The average Bonchev–Trinajstić information content (AvgIpc) is 2.85. The minimum Gasteiger partial charge on any atom is -0.322 e. The van der Waals surface area contributed by atoms with Crippen LogP contribution in [0.4, 0.5) is 4.39 Å². The van der Waals surface area contributed by atoms with Crippen molar-refractivity contribution in [1.82, 2.24) is 9.55 Å². The number of nitrogens with zero attached hydrogens (tertiary/aromatic N) is 3. The highest BCUT2D eigenvalue weighted by Crippen LogP contribution is 2.29. The summed E-state index contributed by atoms with van der Waals surface area (Å²) in [6, 6.07) is 12.3. The maximum atomic E-state index is 13.9. The van der Waals surface area contributed by atoms with Gasteiger partial charge in [-0.2, -0.15) is 5.26 Å². The number of carbonyl (C=O) groups excluding carboxylic acids is 1. The second kappa shape index (κ2) is 6.01. The zero-order valence-corrected chi connectivity index (χ0v) is 12.6. The number of aromatic nitrogens is 2. The molecule has 0 saturated carbocycles. The molecule has 0 bridgehead atoms. The number of hydrogen-bond donors (Lipinski definition) is 0. The van der Waals surface area contributed by atoms with E-state index < -0.39 is 5.82 Å². The molecule has 2 aliphatic heterocycles. The lowest BCUT2D eigenvalue weighted by atomic mass is 10.1. The molecule has 0 radical (unpaired) electrons. The largest absolute Gasteiger partial charge is 0.322 e. The Labute approximate surface area is 133 Å². The van der Waals surface area contributed by atoms with Gasteiger partial charge in [0.15, 0.2) is 5.78 Å². The number of rotatable bonds is 4. The number of ketones is 1. The van der Waals surface area contributed by atoms with Gasteiger partial charge in [0.1, 0.15) is 11.6 Å². The second-order valence-electron chi connectivity index (χ2n) is 5.32. The standard InChI is InChI=1S/C18H14FN3O/c1-12-15(7-8-20)16-9-14(19)10-22(18(16)21-12)11-17(23)13-5-3-2-4-6-13/h2-6,9-10H,7,11H2,1H3. The van der Waals surface area contributed by atoms with Crippen LogP contribution in [0.5, 0.6) is 0 Å². The second-order valence-corrected chi connectivity index (χ2v) is 5.32. The van der Waals surface area contributed by atoms with Gasteiger partial charge in [0.2, 0.25) is 0 Å². The summed E-state index contributed by atoms with van der Waals surface area (Å²) >= 11 is 0. The molecule has 3 rings (SSSR count). The molecule has 5 heteroatoms. The number of carbonyl (C=O) groups is 1. The predicted octanol–water partition coefficient (Wildman–Crippen LogP) is 3.38. The van der Waals surface area contributed by atoms with Crippen LogP contribution >= 0.6 is 0 Å². The van der Waals surface area contributed by atoms with Gasteiger partial charge in [-0.3, -0.25) is 4.79 Å². The van der Waals surface area contributed by atoms with E-state index in [1.54, 1.807) is 31.2 Å². The van der Waals surface area contributed by atoms with Crippen LogP contribution in [0.2, 0.25) is 0 Å². The molecule has 23 heavy (non-hydrogen) atoms. The van der Waals surface area contributed by atoms with E-state index in [2.05, 4.69) is 11.1 Å². The van der Waals surface area contributed by atoms with E-state index in [-0.39, 0.29) is 18.7 Å². The molecule has 0 unspecified atom stereocenters. The fraction of sp³-hybridized carbons (Fsp3) is 0.167. The number of pyridine rings is 1. The third-order valence-corrected chi connectivity index (χ3v) is 3.78. The van der Waals surface area contributed by atoms with Crippen molar-refractivity contribution in [2.75, 3.05) is 0 Å². The molecule has 0 N–H and O–H groups in total. The lowest BCUT2D eigenvalue weighted by molar-refractivity contribution is 0.0972. The van der Waals surface area contributed by atoms with Crippen molar-refractivity contribution in [2.45, 2.75) is 19.9 Å². The Hall–Kier alpha value is -3.00. The summed E-state index contributed by atoms with van der Waals surface area (Å²) < 4.78 is 15.4. The molecule has 0 atom stereocenters. The SMILES string of the molecule is Cc1nc2n(CC(=O)c3ccccc3)cc(F)cc-2c1CC#N. The molecule has 114 valence electrons. The Kier molecular flexibility index (Phi) is 3.90. The molecule has 0 aliphatic carbocycles. The van der Waals surface area contributed by atoms with E-state index in [1.165, 1.54) is 16.8 Å². The molecule has 0 fully saturated rings. The van der Waals surface area contributed by atoms with E-state index >= 15 is 0 Å². The van der Waals surface area contributed by atoms with Gasteiger partial charge in [0, 0.05) is 23.0 Å². The monoisotopic (exact) mass is 307 g/mol. The normalized spacial score (nSPS) is 10.7. The van der Waals surface area contributed by atoms with E-state index in [4.69, 9.17) is 5.26 Å². The molecule has 2 aliphatic rings. The van der Waals surface area contributed by atoms with Crippen molar-refractivity contribution in [3.8, 4) is 17.5 Å². The molecule has 0 amide bonds. The molecule has 2 heterocycles. The first-order valence-electron chi connectivity index (χ1n) is 7.20. The van der Waals surface area contributed by atoms with Crippen LogP contribution in [0.1, 0.15) is 21.6 Å². The molecule has 1 aromatic rings. The van der Waals surface area contributed by atoms with E-state index in [9.17, 15) is 9.18 Å². The number of aryl methyl sites for hydroxylation is 1. The average molecular weight is 307 g/mol. The molecule has 1 aromatic carbocycles. The van der Waals surface area contributed by atoms with Crippen molar-refractivity contribution >= 4 is 5.78 Å². The summed E-state index contributed by atoms with van der Waals surface area (Å²) in [4.78, 5) is 16.8. The van der Waals surface area contributed by atoms with E-state index in [0.717, 1.165) is 0 Å². The fourth-order valence-electron chi connectivity index (χ4n) is 2.66. The summed E-state index contributed by atoms with van der Waals surface area (Å²) in [7, 11) is 0. The lowest BCUT2D eigenvalue weighted by Gasteiger charge is -2.12. The third-order valence-electron chi connectivity index (χ3n) is 3.78. The van der Waals surface area contributed by atoms with Crippen LogP contribution in [-0.2, 0) is 13.0 Å². The maximum absolute atomic E-state index is 13.9. The van der Waals surface area contributed by atoms with Crippen molar-refractivity contribution in [2.24, 2.45) is 0 Å². The first-order valence-corrected chi connectivity index (χ1v) is 7.20. The van der Waals surface area contributed by atoms with Gasteiger partial charge in [-0.1, -0.05) is 30.3 Å². The molecule has 4 nitrogen and oxygen atoms in total. The zero-order valence-electron chi connectivity index (χ0n) is 12.6. The minimum atomic E-state index is -0.454. The Bertz CT molecular complexity index is 877. The quantitative estimate of drug-likeness (QED) is 0.694. The van der Waals surface area contributed by atoms with Gasteiger partial charge in [-0.25, -0.2) is 9.37 Å². The summed E-state index contributed by atoms with van der Waals surface area (Å²) in [5, 5.41) is 8.92. The smallest absolute Gasteiger partial charge is 0.182 e. The van der Waals surface area contributed by atoms with Gasteiger partial charge in [-0.15, -0.1) is 0 Å². The van der Waals surface area contributed by atoms with Gasteiger partial charge >= 0.3 is 0 Å². The topological polar surface area (TPSA) is 58.7 Å². The van der Waals surface area contributed by atoms with Crippen molar-refractivity contribution in [3.63, 3.8) is 0 Å². The van der Waals surface area contributed by atoms with E-state index in [0.29, 0.717) is 28.2 Å². The van der Waals surface area contributed by atoms with E-state index in [1.807, 2.05) is 6.07 Å². The number of fused-ring (bicyclic) bond motifs is 1. The minimum absolute atomic E-state index is 0.000715. The highest BCUT2D eigenvalue weighted by atomic mass is 19.1. The summed E-state index contributed by atoms with van der Waals surface area (Å²) in [5.74, 6) is -0.0478. The Morgan fingerprint density at radius 3 is 2.78 bits per heavy atom. The van der Waals surface area contributed by atoms with Gasteiger partial charge < -0.3 is 4.57 Å². The zero-order chi connectivity index (χ0) is 16.4. The van der Waals surface area contributed by atoms with Crippen LogP contribution in [-0.4, -0.2) is 15.3 Å². The summed E-state index contributed by atoms with van der Waals surface area (Å²) in [6.07, 6.45) is 1.43. The Balaban J connectivity index is 2.01. The summed E-state index contributed by atoms with van der Waals surface area (Å²) in [5.41, 5.74) is 2.55. The van der Waals surface area contributed by atoms with Gasteiger partial charge in [0.05, 0.1) is 19.0 Å². The molecular weight excluding hydrogens is 293 g/mol. The molecule has 0 aromatic heterocycles. The van der Waals surface area contributed by atoms with Gasteiger partial charge in [0.25, 0.3) is 0 Å². The van der Waals surface area contributed by atoms with Crippen LogP contribution in [0, 0.1) is 24.1 Å². The van der Waals surface area contributed by atoms with Gasteiger partial charge in [-0.05, 0) is 18.6 Å². The maximum Gasteiger partial charge on any atom is 0.182 e. The van der Waals surface area contributed by atoms with Crippen LogP contribution in [0.25, 0.3) is 11.4 Å². The molecule has 0 spiro atoms. The molecule has 0 saturated heterocycles. The molecular formula is C18H14FN3O. The number of nitriles is 1. The highest BCUT2D eigenvalue weighted by molar-refractivity contribution is 5.96. The first-order chi connectivity index (χ1) is 11.1.